The van der Waals surface area contributed by atoms with Gasteiger partial charge in [0.15, 0.2) is 0 Å². The van der Waals surface area contributed by atoms with Crippen LogP contribution in [0.5, 0.6) is 0 Å². The smallest absolute Gasteiger partial charge is 0.320 e. The molecule has 2 atom stereocenters. The molecule has 12 nitrogen and oxygen atoms in total. The summed E-state index contributed by atoms with van der Waals surface area (Å²) in [6.45, 7) is 1.31. The van der Waals surface area contributed by atoms with E-state index in [0.29, 0.717) is 46.7 Å². The first kappa shape index (κ1) is 39.1. The van der Waals surface area contributed by atoms with E-state index < -0.39 is 59.3 Å². The zero-order valence-corrected chi connectivity index (χ0v) is 31.1. The first-order chi connectivity index (χ1) is 27.7. The van der Waals surface area contributed by atoms with Crippen LogP contribution in [0.4, 0.5) is 32.0 Å². The average Bonchev–Trinajstić information content (AvgIpc) is 3.72. The third-order valence-electron chi connectivity index (χ3n) is 11.4. The molecule has 1 saturated carbocycles. The fourth-order valence-electron chi connectivity index (χ4n) is 8.53. The van der Waals surface area contributed by atoms with Crippen LogP contribution in [0.15, 0.2) is 65.6 Å². The van der Waals surface area contributed by atoms with Gasteiger partial charge in [0.05, 0.1) is 28.3 Å². The lowest BCUT2D eigenvalue weighted by molar-refractivity contribution is -0.141. The van der Waals surface area contributed by atoms with Gasteiger partial charge in [0.1, 0.15) is 23.6 Å². The molecule has 3 amide bonds. The SMILES string of the molecule is Cn1c(=O)n(C2CCC(=O)NC2=O)c2cccc(C3=CCN(C[C@H]4CC[C@H](n5cc6cc(NC(=O)c7cccc(C(F)(F)F)n7)c(C(F)F)cc6n5)CC4)CC3F)c21. The molecule has 1 aliphatic carbocycles. The number of carbonyl (C=O) groups is 3. The molecule has 304 valence electrons. The third kappa shape index (κ3) is 7.40. The van der Waals surface area contributed by atoms with E-state index in [0.717, 1.165) is 43.9 Å². The maximum Gasteiger partial charge on any atom is 0.433 e. The summed E-state index contributed by atoms with van der Waals surface area (Å²) >= 11 is 0. The molecule has 0 radical (unpaired) electrons. The minimum Gasteiger partial charge on any atom is -0.320 e. The van der Waals surface area contributed by atoms with E-state index in [1.807, 2.05) is 6.08 Å². The quantitative estimate of drug-likeness (QED) is 0.131. The molecule has 0 spiro atoms. The number of imide groups is 1. The number of aromatic nitrogens is 5. The van der Waals surface area contributed by atoms with E-state index in [1.165, 1.54) is 15.2 Å². The summed E-state index contributed by atoms with van der Waals surface area (Å²) < 4.78 is 88.2. The third-order valence-corrected chi connectivity index (χ3v) is 11.4. The highest BCUT2D eigenvalue weighted by molar-refractivity contribution is 6.04. The van der Waals surface area contributed by atoms with Crippen molar-refractivity contribution < 1.29 is 40.7 Å². The van der Waals surface area contributed by atoms with E-state index >= 15 is 4.39 Å². The highest BCUT2D eigenvalue weighted by atomic mass is 19.4. The predicted octanol–water partition coefficient (Wildman–Crippen LogP) is 6.74. The van der Waals surface area contributed by atoms with Gasteiger partial charge >= 0.3 is 11.9 Å². The summed E-state index contributed by atoms with van der Waals surface area (Å²) in [6.07, 6.45) is -2.18. The number of nitrogens with one attached hydrogen (secondary N) is 2. The van der Waals surface area contributed by atoms with Crippen LogP contribution in [0.2, 0.25) is 0 Å². The molecule has 2 aromatic carbocycles. The van der Waals surface area contributed by atoms with E-state index in [1.54, 1.807) is 36.1 Å². The molecule has 2 N–H and O–H groups in total. The van der Waals surface area contributed by atoms with Crippen molar-refractivity contribution in [3.8, 4) is 0 Å². The van der Waals surface area contributed by atoms with Gasteiger partial charge in [0.2, 0.25) is 11.8 Å². The highest BCUT2D eigenvalue weighted by Crippen LogP contribution is 2.38. The second-order valence-corrected chi connectivity index (χ2v) is 15.1. The Bertz CT molecular complexity index is 2530. The van der Waals surface area contributed by atoms with Crippen molar-refractivity contribution in [2.24, 2.45) is 13.0 Å². The average molecular weight is 809 g/mol. The van der Waals surface area contributed by atoms with Crippen molar-refractivity contribution in [2.75, 3.05) is 25.0 Å². The van der Waals surface area contributed by atoms with E-state index in [9.17, 15) is 41.1 Å². The van der Waals surface area contributed by atoms with Crippen molar-refractivity contribution in [3.63, 3.8) is 0 Å². The minimum atomic E-state index is -4.79. The lowest BCUT2D eigenvalue weighted by Crippen LogP contribution is -2.44. The normalized spacial score (nSPS) is 22.1. The van der Waals surface area contributed by atoms with Crippen LogP contribution in [0.1, 0.15) is 84.3 Å². The molecule has 2 aliphatic heterocycles. The number of carbonyl (C=O) groups excluding carboxylic acids is 3. The molecule has 8 rings (SSSR count). The molecule has 3 aromatic heterocycles. The number of fused-ring (bicyclic) bond motifs is 2. The zero-order valence-electron chi connectivity index (χ0n) is 31.1. The van der Waals surface area contributed by atoms with Gasteiger partial charge < -0.3 is 5.32 Å². The number of alkyl halides is 6. The number of amides is 3. The Morgan fingerprint density at radius 3 is 2.48 bits per heavy atom. The number of hydrogen-bond donors (Lipinski definition) is 2. The van der Waals surface area contributed by atoms with Crippen LogP contribution in [-0.4, -0.2) is 72.3 Å². The van der Waals surface area contributed by atoms with Crippen LogP contribution in [0.25, 0.3) is 27.5 Å². The van der Waals surface area contributed by atoms with Crippen molar-refractivity contribution >= 4 is 50.9 Å². The molecule has 58 heavy (non-hydrogen) atoms. The van der Waals surface area contributed by atoms with Crippen molar-refractivity contribution in [2.45, 2.75) is 69.4 Å². The van der Waals surface area contributed by atoms with Crippen molar-refractivity contribution in [1.82, 2.24) is 34.1 Å². The second-order valence-electron chi connectivity index (χ2n) is 15.1. The fourth-order valence-corrected chi connectivity index (χ4v) is 8.53. The Morgan fingerprint density at radius 1 is 1.02 bits per heavy atom. The maximum absolute atomic E-state index is 16.0. The Labute approximate surface area is 326 Å². The lowest BCUT2D eigenvalue weighted by Gasteiger charge is -2.35. The number of benzene rings is 2. The molecule has 18 heteroatoms. The summed E-state index contributed by atoms with van der Waals surface area (Å²) in [5, 5.41) is 9.63. The monoisotopic (exact) mass is 808 g/mol. The van der Waals surface area contributed by atoms with Gasteiger partial charge in [-0.3, -0.25) is 38.4 Å². The lowest BCUT2D eigenvalue weighted by atomic mass is 9.85. The standard InChI is InChI=1S/C40H38F6N8O4/c1-51-35-25(4-2-6-31(35)54(39(51)58)32-12-13-34(55)49-38(32)57)24-14-15-52(20-27(24)41)18-21-8-10-23(11-9-21)53-19-22-16-30(26(36(42)43)17-29(22)50-53)48-37(56)28-5-3-7-33(47-28)40(44,45)46/h2-7,14,16-17,19,21,23,27,32,36H,8-13,15,18,20H2,1H3,(H,48,56)(H,49,55,57)/t21-,23-,27?,32?. The van der Waals surface area contributed by atoms with Crippen LogP contribution < -0.4 is 16.3 Å². The largest absolute Gasteiger partial charge is 0.433 e. The Morgan fingerprint density at radius 2 is 1.78 bits per heavy atom. The van der Waals surface area contributed by atoms with Gasteiger partial charge in [-0.05, 0) is 73.9 Å². The Hall–Kier alpha value is -5.78. The van der Waals surface area contributed by atoms with Gasteiger partial charge in [-0.1, -0.05) is 24.3 Å². The number of pyridine rings is 1. The summed E-state index contributed by atoms with van der Waals surface area (Å²) in [4.78, 5) is 56.0. The Balaban J connectivity index is 0.923. The zero-order chi connectivity index (χ0) is 41.0. The molecule has 1 saturated heterocycles. The molecule has 2 fully saturated rings. The molecule has 3 aliphatic rings. The number of para-hydroxylation sites is 1. The Kier molecular flexibility index (Phi) is 10.2. The summed E-state index contributed by atoms with van der Waals surface area (Å²) in [6, 6.07) is 9.62. The van der Waals surface area contributed by atoms with E-state index in [-0.39, 0.29) is 48.5 Å². The van der Waals surface area contributed by atoms with Gasteiger partial charge in [-0.2, -0.15) is 18.3 Å². The van der Waals surface area contributed by atoms with Crippen LogP contribution in [0.3, 0.4) is 0 Å². The molecule has 5 aromatic rings. The topological polar surface area (TPSA) is 136 Å². The van der Waals surface area contributed by atoms with Crippen LogP contribution >= 0.6 is 0 Å². The number of hydrogen-bond acceptors (Lipinski definition) is 7. The van der Waals surface area contributed by atoms with Gasteiger partial charge in [0.25, 0.3) is 12.3 Å². The van der Waals surface area contributed by atoms with Gasteiger partial charge in [0, 0.05) is 55.8 Å². The number of aryl methyl sites for hydroxylation is 1. The minimum absolute atomic E-state index is 0.0348. The van der Waals surface area contributed by atoms with E-state index in [2.05, 4.69) is 25.6 Å². The predicted molar refractivity (Wildman–Crippen MR) is 201 cm³/mol. The first-order valence-electron chi connectivity index (χ1n) is 18.9. The first-order valence-corrected chi connectivity index (χ1v) is 18.9. The second kappa shape index (κ2) is 15.2. The molecular formula is C40H38F6N8O4. The molecule has 5 heterocycles. The highest BCUT2D eigenvalue weighted by Gasteiger charge is 2.35. The maximum atomic E-state index is 16.0. The van der Waals surface area contributed by atoms with Gasteiger partial charge in [-0.15, -0.1) is 0 Å². The number of rotatable bonds is 8. The summed E-state index contributed by atoms with van der Waals surface area (Å²) in [7, 11) is 1.59. The van der Waals surface area contributed by atoms with Crippen molar-refractivity contribution in [3.05, 3.63) is 93.8 Å². The number of imidazole rings is 1. The molecule has 0 bridgehead atoms. The number of halogens is 6. The molecular weight excluding hydrogens is 770 g/mol. The van der Waals surface area contributed by atoms with Gasteiger partial charge in [-0.25, -0.2) is 22.9 Å². The number of anilines is 1. The number of piperidine rings is 1. The molecule has 2 unspecified atom stereocenters. The van der Waals surface area contributed by atoms with E-state index in [4.69, 9.17) is 0 Å². The van der Waals surface area contributed by atoms with Crippen LogP contribution in [0, 0.1) is 5.92 Å². The fraction of sp³-hybridized carbons (Fsp3) is 0.400. The van der Waals surface area contributed by atoms with Crippen LogP contribution in [-0.2, 0) is 22.8 Å². The summed E-state index contributed by atoms with van der Waals surface area (Å²) in [5.74, 6) is -1.73. The summed E-state index contributed by atoms with van der Waals surface area (Å²) in [5.41, 5.74) is -0.738. The van der Waals surface area contributed by atoms with Crippen molar-refractivity contribution in [1.29, 1.82) is 0 Å². The number of nitrogens with zero attached hydrogens (tertiary/aromatic N) is 6.